The molecule has 2 heterocycles. The molecule has 1 aromatic heterocycles. The number of piperidine rings is 1. The molecule has 0 saturated carbocycles. The summed E-state index contributed by atoms with van der Waals surface area (Å²) < 4.78 is 15.2. The van der Waals surface area contributed by atoms with Crippen molar-refractivity contribution in [2.75, 3.05) is 26.2 Å². The lowest BCUT2D eigenvalue weighted by Gasteiger charge is -2.23. The molecule has 0 spiro atoms. The van der Waals surface area contributed by atoms with Crippen LogP contribution in [0.15, 0.2) is 54.6 Å². The van der Waals surface area contributed by atoms with Crippen molar-refractivity contribution in [1.29, 1.82) is 0 Å². The fraction of sp³-hybridized carbons (Fsp3) is 0.318. The number of rotatable bonds is 6. The summed E-state index contributed by atoms with van der Waals surface area (Å²) in [5.41, 5.74) is 2.24. The van der Waals surface area contributed by atoms with Crippen LogP contribution in [-0.4, -0.2) is 42.7 Å². The molecule has 2 aromatic carbocycles. The first-order chi connectivity index (χ1) is 13.7. The average molecular weight is 380 g/mol. The largest absolute Gasteiger partial charge is 0.349 e. The van der Waals surface area contributed by atoms with E-state index in [1.54, 1.807) is 12.1 Å². The number of fused-ring (bicyclic) bond motifs is 1. The molecule has 0 unspecified atom stereocenters. The van der Waals surface area contributed by atoms with Crippen LogP contribution in [0, 0.1) is 5.82 Å². The summed E-state index contributed by atoms with van der Waals surface area (Å²) in [6.45, 7) is 3.39. The third kappa shape index (κ3) is 4.08. The van der Waals surface area contributed by atoms with E-state index < -0.39 is 0 Å². The minimum atomic E-state index is -0.296. The van der Waals surface area contributed by atoms with E-state index in [1.807, 2.05) is 34.9 Å². The fourth-order valence-corrected chi connectivity index (χ4v) is 3.76. The molecule has 1 saturated heterocycles. The Bertz CT molecular complexity index is 945. The van der Waals surface area contributed by atoms with Gasteiger partial charge in [-0.25, -0.2) is 4.39 Å². The molecule has 4 rings (SSSR count). The van der Waals surface area contributed by atoms with Crippen LogP contribution < -0.4 is 16.0 Å². The number of hydrogen-bond donors (Lipinski definition) is 3. The fourth-order valence-electron chi connectivity index (χ4n) is 3.76. The van der Waals surface area contributed by atoms with Gasteiger partial charge in [-0.15, -0.1) is 0 Å². The zero-order chi connectivity index (χ0) is 19.3. The van der Waals surface area contributed by atoms with E-state index >= 15 is 0 Å². The maximum absolute atomic E-state index is 13.4. The molecule has 146 valence electrons. The average Bonchev–Trinajstić information content (AvgIpc) is 3.12. The van der Waals surface area contributed by atoms with Crippen LogP contribution >= 0.6 is 0 Å². The van der Waals surface area contributed by atoms with Gasteiger partial charge in [0.2, 0.25) is 0 Å². The van der Waals surface area contributed by atoms with Crippen LogP contribution in [-0.2, 0) is 0 Å². The summed E-state index contributed by atoms with van der Waals surface area (Å²) in [7, 11) is 0. The summed E-state index contributed by atoms with van der Waals surface area (Å²) >= 11 is 0. The van der Waals surface area contributed by atoms with Crippen molar-refractivity contribution in [2.24, 2.45) is 0 Å². The lowest BCUT2D eigenvalue weighted by molar-refractivity contribution is 0.0947. The Morgan fingerprint density at radius 3 is 2.61 bits per heavy atom. The first kappa shape index (κ1) is 18.7. The van der Waals surface area contributed by atoms with Crippen LogP contribution in [0.2, 0.25) is 0 Å². The van der Waals surface area contributed by atoms with Crippen molar-refractivity contribution in [3.05, 3.63) is 66.1 Å². The number of nitrogens with one attached hydrogen (secondary N) is 3. The molecule has 1 amide bonds. The number of hydrogen-bond acceptors (Lipinski definition) is 3. The predicted octanol–water partition coefficient (Wildman–Crippen LogP) is 2.84. The van der Waals surface area contributed by atoms with Crippen molar-refractivity contribution >= 4 is 16.8 Å². The van der Waals surface area contributed by atoms with Crippen LogP contribution in [0.3, 0.4) is 0 Å². The first-order valence-electron chi connectivity index (χ1n) is 9.81. The summed E-state index contributed by atoms with van der Waals surface area (Å²) in [6, 6.07) is 16.4. The van der Waals surface area contributed by atoms with E-state index in [1.165, 1.54) is 12.1 Å². The number of halogens is 1. The van der Waals surface area contributed by atoms with Crippen molar-refractivity contribution < 1.29 is 9.18 Å². The number of amides is 1. The number of benzene rings is 2. The molecular weight excluding hydrogens is 355 g/mol. The second-order valence-corrected chi connectivity index (χ2v) is 7.13. The van der Waals surface area contributed by atoms with Crippen molar-refractivity contribution in [2.45, 2.75) is 18.9 Å². The van der Waals surface area contributed by atoms with E-state index in [-0.39, 0.29) is 11.7 Å². The smallest absolute Gasteiger partial charge is 0.268 e. The number of para-hydroxylation sites is 1. The van der Waals surface area contributed by atoms with Crippen LogP contribution in [0.4, 0.5) is 4.39 Å². The molecule has 1 fully saturated rings. The Labute approximate surface area is 163 Å². The highest BCUT2D eigenvalue weighted by Crippen LogP contribution is 2.24. The van der Waals surface area contributed by atoms with Gasteiger partial charge in [-0.2, -0.15) is 0 Å². The van der Waals surface area contributed by atoms with Gasteiger partial charge < -0.3 is 20.5 Å². The Balaban J connectivity index is 1.50. The van der Waals surface area contributed by atoms with Gasteiger partial charge in [-0.3, -0.25) is 4.79 Å². The Kier molecular flexibility index (Phi) is 5.69. The molecule has 1 aliphatic heterocycles. The van der Waals surface area contributed by atoms with Crippen LogP contribution in [0.25, 0.3) is 16.6 Å². The second-order valence-electron chi connectivity index (χ2n) is 7.13. The summed E-state index contributed by atoms with van der Waals surface area (Å²) in [6.07, 6.45) is 2.24. The third-order valence-electron chi connectivity index (χ3n) is 5.21. The SMILES string of the molecule is O=C(NCCNC1CCNCC1)c1cc2ccccc2n1-c1ccc(F)cc1. The minimum absolute atomic E-state index is 0.132. The number of carbonyl (C=O) groups excluding carboxylic acids is 1. The predicted molar refractivity (Wildman–Crippen MR) is 109 cm³/mol. The molecule has 0 radical (unpaired) electrons. The normalized spacial score (nSPS) is 15.0. The zero-order valence-corrected chi connectivity index (χ0v) is 15.7. The van der Waals surface area contributed by atoms with Gasteiger partial charge in [-0.1, -0.05) is 18.2 Å². The highest BCUT2D eigenvalue weighted by Gasteiger charge is 2.17. The molecule has 6 heteroatoms. The van der Waals surface area contributed by atoms with E-state index in [0.29, 0.717) is 18.3 Å². The van der Waals surface area contributed by atoms with Gasteiger partial charge in [0.1, 0.15) is 11.5 Å². The van der Waals surface area contributed by atoms with Crippen LogP contribution in [0.5, 0.6) is 0 Å². The molecule has 0 aliphatic carbocycles. The first-order valence-corrected chi connectivity index (χ1v) is 9.81. The van der Waals surface area contributed by atoms with E-state index in [4.69, 9.17) is 0 Å². The van der Waals surface area contributed by atoms with Gasteiger partial charge in [0.05, 0.1) is 5.52 Å². The van der Waals surface area contributed by atoms with E-state index in [0.717, 1.165) is 49.1 Å². The van der Waals surface area contributed by atoms with Crippen LogP contribution in [0.1, 0.15) is 23.3 Å². The van der Waals surface area contributed by atoms with Crippen molar-refractivity contribution in [1.82, 2.24) is 20.5 Å². The van der Waals surface area contributed by atoms with Gasteiger partial charge in [0.15, 0.2) is 0 Å². The topological polar surface area (TPSA) is 58.1 Å². The zero-order valence-electron chi connectivity index (χ0n) is 15.7. The summed E-state index contributed by atoms with van der Waals surface area (Å²) in [5.74, 6) is -0.428. The highest BCUT2D eigenvalue weighted by molar-refractivity contribution is 5.99. The van der Waals surface area contributed by atoms with Gasteiger partial charge in [-0.05, 0) is 62.3 Å². The lowest BCUT2D eigenvalue weighted by Crippen LogP contribution is -2.43. The van der Waals surface area contributed by atoms with Crippen molar-refractivity contribution in [3.8, 4) is 5.69 Å². The molecule has 0 atom stereocenters. The lowest BCUT2D eigenvalue weighted by atomic mass is 10.1. The van der Waals surface area contributed by atoms with E-state index in [2.05, 4.69) is 16.0 Å². The number of aromatic nitrogens is 1. The summed E-state index contributed by atoms with van der Waals surface area (Å²) in [4.78, 5) is 12.9. The monoisotopic (exact) mass is 380 g/mol. The maximum atomic E-state index is 13.4. The molecule has 3 aromatic rings. The van der Waals surface area contributed by atoms with Crippen molar-refractivity contribution in [3.63, 3.8) is 0 Å². The Morgan fingerprint density at radius 2 is 1.82 bits per heavy atom. The number of nitrogens with zero attached hydrogens (tertiary/aromatic N) is 1. The van der Waals surface area contributed by atoms with E-state index in [9.17, 15) is 9.18 Å². The maximum Gasteiger partial charge on any atom is 0.268 e. The molecule has 3 N–H and O–H groups in total. The Hall–Kier alpha value is -2.70. The molecule has 5 nitrogen and oxygen atoms in total. The quantitative estimate of drug-likeness (QED) is 0.577. The second kappa shape index (κ2) is 8.54. The van der Waals surface area contributed by atoms with Gasteiger partial charge >= 0.3 is 0 Å². The summed E-state index contributed by atoms with van der Waals surface area (Å²) in [5, 5.41) is 10.8. The standard InChI is InChI=1S/C22H25FN4O/c23-17-5-7-19(8-6-17)27-20-4-2-1-3-16(20)15-21(27)22(28)26-14-13-25-18-9-11-24-12-10-18/h1-8,15,18,24-25H,9-14H2,(H,26,28). The molecular formula is C22H25FN4O. The highest BCUT2D eigenvalue weighted by atomic mass is 19.1. The molecule has 0 bridgehead atoms. The van der Waals surface area contributed by atoms with Gasteiger partial charge in [0, 0.05) is 30.2 Å². The number of carbonyl (C=O) groups is 1. The molecule has 1 aliphatic rings. The third-order valence-corrected chi connectivity index (χ3v) is 5.21. The van der Waals surface area contributed by atoms with Gasteiger partial charge in [0.25, 0.3) is 5.91 Å². The minimum Gasteiger partial charge on any atom is -0.349 e. The molecule has 28 heavy (non-hydrogen) atoms. The Morgan fingerprint density at radius 1 is 1.07 bits per heavy atom.